The largest absolute Gasteiger partial charge is 0.305 e. The molecule has 0 atom stereocenters. The molecule has 0 bridgehead atoms. The summed E-state index contributed by atoms with van der Waals surface area (Å²) in [4.78, 5) is 13.3. The molecule has 0 saturated carbocycles. The van der Waals surface area contributed by atoms with Gasteiger partial charge in [-0.15, -0.1) is 35.9 Å². The number of pyridine rings is 3. The summed E-state index contributed by atoms with van der Waals surface area (Å²) < 4.78 is 0. The van der Waals surface area contributed by atoms with Crippen LogP contribution in [-0.4, -0.2) is 15.0 Å². The van der Waals surface area contributed by atoms with Gasteiger partial charge in [-0.2, -0.15) is 0 Å². The van der Waals surface area contributed by atoms with Crippen LogP contribution in [0.3, 0.4) is 0 Å². The summed E-state index contributed by atoms with van der Waals surface area (Å²) in [6, 6.07) is 33.4. The van der Waals surface area contributed by atoms with Crippen LogP contribution in [0.2, 0.25) is 0 Å². The molecule has 6 aromatic rings. The minimum absolute atomic E-state index is 0. The van der Waals surface area contributed by atoms with E-state index in [4.69, 9.17) is 0 Å². The number of hydrogen-bond donors (Lipinski definition) is 0. The first-order valence-corrected chi connectivity index (χ1v) is 9.79. The molecular weight excluding hydrogens is 559 g/mol. The molecule has 0 unspecified atom stereocenters. The molecule has 4 heteroatoms. The van der Waals surface area contributed by atoms with Gasteiger partial charge in [-0.25, -0.2) is 0 Å². The summed E-state index contributed by atoms with van der Waals surface area (Å²) in [7, 11) is 0. The van der Waals surface area contributed by atoms with Gasteiger partial charge in [0.2, 0.25) is 0 Å². The molecule has 0 saturated heterocycles. The van der Waals surface area contributed by atoms with Gasteiger partial charge in [0.15, 0.2) is 0 Å². The molecule has 31 heavy (non-hydrogen) atoms. The standard InChI is InChI=1S/C16H10N2.C11H8N.Ir/c1-3-12-7-5-11-6-8-13-4-2-10-18-16(13)14(11)15(12)17-9-1;1-2-6-10(7-3-1)11-8-4-5-9-12-11;/h1-10H;1-6,8-9H;/q;-1;. The van der Waals surface area contributed by atoms with Crippen LogP contribution in [0.1, 0.15) is 0 Å². The molecule has 3 aromatic carbocycles. The Labute approximate surface area is 194 Å². The van der Waals surface area contributed by atoms with Crippen LogP contribution in [0.15, 0.2) is 110 Å². The maximum atomic E-state index is 4.52. The second-order valence-corrected chi connectivity index (χ2v) is 6.87. The van der Waals surface area contributed by atoms with Gasteiger partial charge in [-0.3, -0.25) is 9.97 Å². The normalized spacial score (nSPS) is 10.3. The van der Waals surface area contributed by atoms with Crippen molar-refractivity contribution in [2.24, 2.45) is 0 Å². The van der Waals surface area contributed by atoms with Crippen molar-refractivity contribution in [3.63, 3.8) is 0 Å². The fourth-order valence-corrected chi connectivity index (χ4v) is 3.56. The van der Waals surface area contributed by atoms with E-state index in [-0.39, 0.29) is 20.1 Å². The van der Waals surface area contributed by atoms with Gasteiger partial charge in [-0.1, -0.05) is 48.5 Å². The van der Waals surface area contributed by atoms with E-state index in [0.717, 1.165) is 38.4 Å². The zero-order valence-corrected chi connectivity index (χ0v) is 19.0. The molecule has 3 heterocycles. The van der Waals surface area contributed by atoms with Gasteiger partial charge in [-0.05, 0) is 29.3 Å². The monoisotopic (exact) mass is 577 g/mol. The second-order valence-electron chi connectivity index (χ2n) is 6.87. The third-order valence-electron chi connectivity index (χ3n) is 4.97. The van der Waals surface area contributed by atoms with Crippen molar-refractivity contribution >= 4 is 32.6 Å². The van der Waals surface area contributed by atoms with Crippen LogP contribution in [0, 0.1) is 6.07 Å². The zero-order chi connectivity index (χ0) is 20.2. The summed E-state index contributed by atoms with van der Waals surface area (Å²) in [6.45, 7) is 0. The molecule has 3 aromatic heterocycles. The van der Waals surface area contributed by atoms with Crippen molar-refractivity contribution in [1.29, 1.82) is 0 Å². The van der Waals surface area contributed by atoms with Crippen LogP contribution < -0.4 is 0 Å². The number of rotatable bonds is 1. The number of fused-ring (bicyclic) bond motifs is 5. The Morgan fingerprint density at radius 3 is 1.71 bits per heavy atom. The van der Waals surface area contributed by atoms with Crippen molar-refractivity contribution in [3.8, 4) is 11.3 Å². The average molecular weight is 577 g/mol. The van der Waals surface area contributed by atoms with Gasteiger partial charge < -0.3 is 4.98 Å². The third kappa shape index (κ3) is 4.36. The summed E-state index contributed by atoms with van der Waals surface area (Å²) in [5.74, 6) is 0. The van der Waals surface area contributed by atoms with Gasteiger partial charge >= 0.3 is 0 Å². The van der Waals surface area contributed by atoms with E-state index in [1.54, 1.807) is 6.20 Å². The predicted molar refractivity (Wildman–Crippen MR) is 123 cm³/mol. The summed E-state index contributed by atoms with van der Waals surface area (Å²) in [6.07, 6.45) is 5.46. The molecule has 0 amide bonds. The van der Waals surface area contributed by atoms with E-state index in [2.05, 4.69) is 57.4 Å². The molecular formula is C27H18IrN3-. The number of hydrogen-bond acceptors (Lipinski definition) is 3. The number of nitrogens with zero attached hydrogens (tertiary/aromatic N) is 3. The van der Waals surface area contributed by atoms with E-state index >= 15 is 0 Å². The minimum Gasteiger partial charge on any atom is -0.305 e. The van der Waals surface area contributed by atoms with Gasteiger partial charge in [0.05, 0.1) is 11.0 Å². The Balaban J connectivity index is 0.000000156. The van der Waals surface area contributed by atoms with E-state index in [9.17, 15) is 0 Å². The molecule has 6 rings (SSSR count). The molecule has 3 nitrogen and oxygen atoms in total. The predicted octanol–water partition coefficient (Wildman–Crippen LogP) is 6.48. The topological polar surface area (TPSA) is 38.7 Å². The van der Waals surface area contributed by atoms with Gasteiger partial charge in [0.1, 0.15) is 0 Å². The maximum Gasteiger partial charge on any atom is 0.0802 e. The Kier molecular flexibility index (Phi) is 6.42. The Hall–Kier alpha value is -3.46. The molecule has 1 radical (unpaired) electrons. The quantitative estimate of drug-likeness (QED) is 0.166. The molecule has 151 valence electrons. The summed E-state index contributed by atoms with van der Waals surface area (Å²) in [5.41, 5.74) is 4.06. The van der Waals surface area contributed by atoms with Crippen LogP contribution in [0.25, 0.3) is 43.8 Å². The molecule has 0 aliphatic rings. The Bertz CT molecular complexity index is 1330. The van der Waals surface area contributed by atoms with Crippen LogP contribution in [-0.2, 0) is 20.1 Å². The SMILES string of the molecule is [Ir].[c-]1ccccc1-c1ccccn1.c1cnc2c(c1)ccc1ccc3cccnc3c12. The fourth-order valence-electron chi connectivity index (χ4n) is 3.56. The molecule has 0 N–H and O–H groups in total. The van der Waals surface area contributed by atoms with Crippen molar-refractivity contribution in [1.82, 2.24) is 15.0 Å². The van der Waals surface area contributed by atoms with Gasteiger partial charge in [0.25, 0.3) is 0 Å². The first-order valence-electron chi connectivity index (χ1n) is 9.79. The fraction of sp³-hybridized carbons (Fsp3) is 0. The van der Waals surface area contributed by atoms with Crippen molar-refractivity contribution in [2.45, 2.75) is 0 Å². The van der Waals surface area contributed by atoms with E-state index in [0.29, 0.717) is 0 Å². The molecule has 0 aliphatic carbocycles. The van der Waals surface area contributed by atoms with Crippen LogP contribution in [0.4, 0.5) is 0 Å². The number of benzene rings is 3. The van der Waals surface area contributed by atoms with Crippen LogP contribution in [0.5, 0.6) is 0 Å². The van der Waals surface area contributed by atoms with Crippen molar-refractivity contribution in [2.75, 3.05) is 0 Å². The van der Waals surface area contributed by atoms with Crippen molar-refractivity contribution in [3.05, 3.63) is 116 Å². The minimum atomic E-state index is 0. The third-order valence-corrected chi connectivity index (χ3v) is 4.97. The summed E-state index contributed by atoms with van der Waals surface area (Å²) >= 11 is 0. The van der Waals surface area contributed by atoms with E-state index < -0.39 is 0 Å². The molecule has 0 spiro atoms. The van der Waals surface area contributed by atoms with Crippen LogP contribution >= 0.6 is 0 Å². The maximum absolute atomic E-state index is 4.52. The van der Waals surface area contributed by atoms with E-state index in [1.807, 2.05) is 67.0 Å². The number of aromatic nitrogens is 3. The first kappa shape index (κ1) is 20.8. The van der Waals surface area contributed by atoms with Gasteiger partial charge in [0, 0.05) is 54.9 Å². The zero-order valence-electron chi connectivity index (χ0n) is 16.6. The second kappa shape index (κ2) is 9.57. The molecule has 0 aliphatic heterocycles. The average Bonchev–Trinajstić information content (AvgIpc) is 2.85. The first-order chi connectivity index (χ1) is 14.9. The smallest absolute Gasteiger partial charge is 0.0802 e. The van der Waals surface area contributed by atoms with Crippen molar-refractivity contribution < 1.29 is 20.1 Å². The Morgan fingerprint density at radius 1 is 0.516 bits per heavy atom. The molecule has 0 fully saturated rings. The van der Waals surface area contributed by atoms with E-state index in [1.165, 1.54) is 5.39 Å². The Morgan fingerprint density at radius 2 is 1.13 bits per heavy atom. The summed E-state index contributed by atoms with van der Waals surface area (Å²) in [5, 5.41) is 4.64.